The maximum atomic E-state index is 13.3. The van der Waals surface area contributed by atoms with Gasteiger partial charge in [0.2, 0.25) is 0 Å². The van der Waals surface area contributed by atoms with Gasteiger partial charge < -0.3 is 9.80 Å². The normalized spacial score (nSPS) is 14.2. The lowest BCUT2D eigenvalue weighted by Crippen LogP contribution is -2.49. The second-order valence-corrected chi connectivity index (χ2v) is 11.1. The van der Waals surface area contributed by atoms with Crippen LogP contribution < -0.4 is 9.62 Å². The molecule has 3 aromatic carbocycles. The standard InChI is InChI=1S/C28H33N3O3S/c1-19-9-10-21(3)25(17-19)29-35(33,34)27-18-24(12-11-22(27)4)28(32)31-15-13-30(14-16-31)26-8-6-7-20(2)23(26)5/h6-12,17-18,29H,13-16H2,1-5H3. The third-order valence-corrected chi connectivity index (χ3v) is 8.35. The smallest absolute Gasteiger partial charge is 0.262 e. The molecule has 0 bridgehead atoms. The van der Waals surface area contributed by atoms with Crippen LogP contribution in [-0.2, 0) is 10.0 Å². The molecular weight excluding hydrogens is 458 g/mol. The average Bonchev–Trinajstić information content (AvgIpc) is 2.83. The van der Waals surface area contributed by atoms with E-state index in [9.17, 15) is 13.2 Å². The van der Waals surface area contributed by atoms with Gasteiger partial charge >= 0.3 is 0 Å². The van der Waals surface area contributed by atoms with Crippen LogP contribution in [-0.4, -0.2) is 45.4 Å². The van der Waals surface area contributed by atoms with Gasteiger partial charge in [-0.3, -0.25) is 9.52 Å². The summed E-state index contributed by atoms with van der Waals surface area (Å²) in [6, 6.07) is 16.9. The van der Waals surface area contributed by atoms with Gasteiger partial charge in [-0.05, 0) is 86.7 Å². The molecule has 1 heterocycles. The Labute approximate surface area is 208 Å². The molecule has 7 heteroatoms. The Kier molecular flexibility index (Phi) is 6.90. The summed E-state index contributed by atoms with van der Waals surface area (Å²) in [6.07, 6.45) is 0. The second kappa shape index (κ2) is 9.74. The zero-order chi connectivity index (χ0) is 25.3. The van der Waals surface area contributed by atoms with Gasteiger partial charge in [-0.1, -0.05) is 30.3 Å². The highest BCUT2D eigenvalue weighted by Gasteiger charge is 2.25. The lowest BCUT2D eigenvalue weighted by atomic mass is 10.1. The van der Waals surface area contributed by atoms with Crippen LogP contribution in [0.2, 0.25) is 0 Å². The molecule has 0 spiro atoms. The van der Waals surface area contributed by atoms with E-state index < -0.39 is 10.0 Å². The van der Waals surface area contributed by atoms with Crippen LogP contribution in [0.15, 0.2) is 59.5 Å². The lowest BCUT2D eigenvalue weighted by Gasteiger charge is -2.37. The second-order valence-electron chi connectivity index (χ2n) is 9.40. The van der Waals surface area contributed by atoms with Crippen molar-refractivity contribution in [2.45, 2.75) is 39.5 Å². The summed E-state index contributed by atoms with van der Waals surface area (Å²) < 4.78 is 29.2. The van der Waals surface area contributed by atoms with Gasteiger partial charge in [-0.2, -0.15) is 0 Å². The van der Waals surface area contributed by atoms with Crippen LogP contribution in [0.1, 0.15) is 38.2 Å². The highest BCUT2D eigenvalue weighted by molar-refractivity contribution is 7.92. The molecule has 35 heavy (non-hydrogen) atoms. The van der Waals surface area contributed by atoms with E-state index in [1.165, 1.54) is 22.9 Å². The molecule has 1 aliphatic rings. The topological polar surface area (TPSA) is 69.7 Å². The van der Waals surface area contributed by atoms with Crippen LogP contribution in [0, 0.1) is 34.6 Å². The van der Waals surface area contributed by atoms with Gasteiger partial charge in [0.15, 0.2) is 0 Å². The average molecular weight is 492 g/mol. The molecule has 3 aromatic rings. The number of amides is 1. The molecule has 1 amide bonds. The molecule has 1 N–H and O–H groups in total. The summed E-state index contributed by atoms with van der Waals surface area (Å²) in [5.41, 5.74) is 7.05. The van der Waals surface area contributed by atoms with Crippen molar-refractivity contribution in [2.24, 2.45) is 0 Å². The van der Waals surface area contributed by atoms with Crippen molar-refractivity contribution >= 4 is 27.3 Å². The van der Waals surface area contributed by atoms with Gasteiger partial charge in [0, 0.05) is 37.4 Å². The Hall–Kier alpha value is -3.32. The van der Waals surface area contributed by atoms with Crippen molar-refractivity contribution in [3.05, 3.63) is 88.0 Å². The predicted molar refractivity (Wildman–Crippen MR) is 142 cm³/mol. The number of sulfonamides is 1. The van der Waals surface area contributed by atoms with E-state index in [-0.39, 0.29) is 10.8 Å². The van der Waals surface area contributed by atoms with Crippen molar-refractivity contribution in [2.75, 3.05) is 35.8 Å². The summed E-state index contributed by atoms with van der Waals surface area (Å²) in [7, 11) is -3.85. The number of hydrogen-bond donors (Lipinski definition) is 1. The van der Waals surface area contributed by atoms with Gasteiger partial charge in [0.05, 0.1) is 10.6 Å². The van der Waals surface area contributed by atoms with E-state index in [0.29, 0.717) is 29.9 Å². The summed E-state index contributed by atoms with van der Waals surface area (Å²) in [5, 5.41) is 0. The summed E-state index contributed by atoms with van der Waals surface area (Å²) in [5.74, 6) is -0.145. The maximum absolute atomic E-state index is 13.3. The number of aryl methyl sites for hydroxylation is 4. The zero-order valence-electron chi connectivity index (χ0n) is 21.1. The minimum Gasteiger partial charge on any atom is -0.368 e. The fraction of sp³-hybridized carbons (Fsp3) is 0.321. The van der Waals surface area contributed by atoms with Gasteiger partial charge in [-0.25, -0.2) is 8.42 Å². The molecule has 4 rings (SSSR count). The van der Waals surface area contributed by atoms with E-state index in [0.717, 1.165) is 24.2 Å². The number of benzene rings is 3. The first kappa shape index (κ1) is 24.8. The van der Waals surface area contributed by atoms with Crippen LogP contribution in [0.25, 0.3) is 0 Å². The molecule has 1 aliphatic heterocycles. The summed E-state index contributed by atoms with van der Waals surface area (Å²) in [4.78, 5) is 17.5. The van der Waals surface area contributed by atoms with Crippen LogP contribution in [0.5, 0.6) is 0 Å². The molecule has 1 fully saturated rings. The first-order chi connectivity index (χ1) is 16.6. The Morgan fingerprint density at radius 2 is 1.49 bits per heavy atom. The number of anilines is 2. The van der Waals surface area contributed by atoms with Crippen molar-refractivity contribution < 1.29 is 13.2 Å². The molecule has 1 saturated heterocycles. The molecule has 0 radical (unpaired) electrons. The Morgan fingerprint density at radius 1 is 0.800 bits per heavy atom. The fourth-order valence-corrected chi connectivity index (χ4v) is 5.87. The van der Waals surface area contributed by atoms with Crippen molar-refractivity contribution in [1.82, 2.24) is 4.90 Å². The first-order valence-corrected chi connectivity index (χ1v) is 13.4. The van der Waals surface area contributed by atoms with Crippen molar-refractivity contribution in [1.29, 1.82) is 0 Å². The highest BCUT2D eigenvalue weighted by atomic mass is 32.2. The number of hydrogen-bond acceptors (Lipinski definition) is 4. The molecule has 0 unspecified atom stereocenters. The third kappa shape index (κ3) is 5.20. The molecule has 0 saturated carbocycles. The zero-order valence-corrected chi connectivity index (χ0v) is 21.9. The number of nitrogens with one attached hydrogen (secondary N) is 1. The lowest BCUT2D eigenvalue weighted by molar-refractivity contribution is 0.0746. The van der Waals surface area contributed by atoms with Gasteiger partial charge in [0.1, 0.15) is 0 Å². The highest BCUT2D eigenvalue weighted by Crippen LogP contribution is 2.26. The van der Waals surface area contributed by atoms with E-state index in [4.69, 9.17) is 0 Å². The number of nitrogens with zero attached hydrogens (tertiary/aromatic N) is 2. The number of rotatable bonds is 5. The number of carbonyl (C=O) groups excluding carboxylic acids is 1. The van der Waals surface area contributed by atoms with E-state index in [1.54, 1.807) is 24.0 Å². The minimum atomic E-state index is -3.85. The largest absolute Gasteiger partial charge is 0.368 e. The van der Waals surface area contributed by atoms with Crippen LogP contribution >= 0.6 is 0 Å². The monoisotopic (exact) mass is 491 g/mol. The molecule has 0 aliphatic carbocycles. The molecule has 6 nitrogen and oxygen atoms in total. The molecule has 184 valence electrons. The Morgan fingerprint density at radius 3 is 2.20 bits per heavy atom. The van der Waals surface area contributed by atoms with Crippen LogP contribution in [0.4, 0.5) is 11.4 Å². The Bertz CT molecular complexity index is 1370. The third-order valence-electron chi connectivity index (χ3n) is 6.85. The van der Waals surface area contributed by atoms with Gasteiger partial charge in [-0.15, -0.1) is 0 Å². The number of carbonyl (C=O) groups is 1. The quantitative estimate of drug-likeness (QED) is 0.546. The molecule has 0 atom stereocenters. The fourth-order valence-electron chi connectivity index (χ4n) is 4.48. The van der Waals surface area contributed by atoms with Crippen molar-refractivity contribution in [3.8, 4) is 0 Å². The number of piperazine rings is 1. The maximum Gasteiger partial charge on any atom is 0.262 e. The molecule has 0 aromatic heterocycles. The summed E-state index contributed by atoms with van der Waals surface area (Å²) >= 11 is 0. The minimum absolute atomic E-state index is 0.123. The van der Waals surface area contributed by atoms with E-state index >= 15 is 0 Å². The van der Waals surface area contributed by atoms with E-state index in [2.05, 4.69) is 41.7 Å². The molecular formula is C28H33N3O3S. The summed E-state index contributed by atoms with van der Waals surface area (Å²) in [6.45, 7) is 12.4. The SMILES string of the molecule is Cc1ccc(C)c(NS(=O)(=O)c2cc(C(=O)N3CCN(c4cccc(C)c4C)CC3)ccc2C)c1. The van der Waals surface area contributed by atoms with Gasteiger partial charge in [0.25, 0.3) is 15.9 Å². The van der Waals surface area contributed by atoms with E-state index in [1.807, 2.05) is 32.0 Å². The van der Waals surface area contributed by atoms with Crippen LogP contribution in [0.3, 0.4) is 0 Å². The predicted octanol–water partition coefficient (Wildman–Crippen LogP) is 4.99. The first-order valence-electron chi connectivity index (χ1n) is 11.9. The Balaban J connectivity index is 1.52. The van der Waals surface area contributed by atoms with Crippen molar-refractivity contribution in [3.63, 3.8) is 0 Å².